The van der Waals surface area contributed by atoms with Gasteiger partial charge in [0.1, 0.15) is 0 Å². The first kappa shape index (κ1) is 11.6. The van der Waals surface area contributed by atoms with Gasteiger partial charge in [-0.2, -0.15) is 0 Å². The van der Waals surface area contributed by atoms with Gasteiger partial charge >= 0.3 is 0 Å². The molecule has 12 heavy (non-hydrogen) atoms. The zero-order chi connectivity index (χ0) is 9.72. The summed E-state index contributed by atoms with van der Waals surface area (Å²) < 4.78 is 0. The molecule has 0 aliphatic carbocycles. The van der Waals surface area contributed by atoms with Crippen LogP contribution in [-0.4, -0.2) is 34.1 Å². The Morgan fingerprint density at radius 2 is 1.75 bits per heavy atom. The normalized spacial score (nSPS) is 15.5. The Kier molecular flexibility index (Phi) is 5.13. The molecule has 2 unspecified atom stereocenters. The molecule has 0 aromatic rings. The molecular weight excluding hydrogens is 156 g/mol. The zero-order valence-electron chi connectivity index (χ0n) is 7.91. The molecular formula is C9H18O3. The Hall–Kier alpha value is -0.380. The predicted octanol–water partition coefficient (Wildman–Crippen LogP) is 0.447. The zero-order valence-corrected chi connectivity index (χ0v) is 7.91. The first-order valence-corrected chi connectivity index (χ1v) is 4.12. The van der Waals surface area contributed by atoms with E-state index in [4.69, 9.17) is 10.2 Å². The molecule has 0 saturated heterocycles. The lowest BCUT2D eigenvalue weighted by Crippen LogP contribution is -2.19. The van der Waals surface area contributed by atoms with E-state index in [0.717, 1.165) is 11.1 Å². The molecule has 0 spiro atoms. The third kappa shape index (κ3) is 3.85. The second-order valence-electron chi connectivity index (χ2n) is 3.28. The Morgan fingerprint density at radius 3 is 2.00 bits per heavy atom. The molecule has 0 aromatic heterocycles. The third-order valence-electron chi connectivity index (χ3n) is 1.73. The van der Waals surface area contributed by atoms with E-state index in [9.17, 15) is 5.11 Å². The molecule has 0 bridgehead atoms. The molecule has 0 rings (SSSR count). The summed E-state index contributed by atoms with van der Waals surface area (Å²) in [6, 6.07) is 0. The maximum atomic E-state index is 9.32. The van der Waals surface area contributed by atoms with Crippen molar-refractivity contribution in [1.29, 1.82) is 0 Å². The summed E-state index contributed by atoms with van der Waals surface area (Å²) in [6.45, 7) is 5.09. The van der Waals surface area contributed by atoms with Crippen LogP contribution in [0.4, 0.5) is 0 Å². The molecule has 0 fully saturated rings. The van der Waals surface area contributed by atoms with Crippen molar-refractivity contribution in [2.24, 2.45) is 0 Å². The Bertz CT molecular complexity index is 157. The molecule has 0 amide bonds. The minimum Gasteiger partial charge on any atom is -0.393 e. The number of allylic oxidation sites excluding steroid dienone is 1. The predicted molar refractivity (Wildman–Crippen MR) is 47.8 cm³/mol. The summed E-state index contributed by atoms with van der Waals surface area (Å²) in [5.74, 6) is 0. The summed E-state index contributed by atoms with van der Waals surface area (Å²) >= 11 is 0. The number of hydrogen-bond donors (Lipinski definition) is 3. The first-order chi connectivity index (χ1) is 5.49. The van der Waals surface area contributed by atoms with Crippen LogP contribution in [-0.2, 0) is 0 Å². The van der Waals surface area contributed by atoms with E-state index in [1.807, 2.05) is 13.8 Å². The van der Waals surface area contributed by atoms with Gasteiger partial charge in [-0.1, -0.05) is 5.57 Å². The van der Waals surface area contributed by atoms with Crippen LogP contribution in [0.2, 0.25) is 0 Å². The van der Waals surface area contributed by atoms with Crippen molar-refractivity contribution in [2.45, 2.75) is 39.4 Å². The lowest BCUT2D eigenvalue weighted by molar-refractivity contribution is 0.108. The van der Waals surface area contributed by atoms with E-state index < -0.39 is 12.2 Å². The quantitative estimate of drug-likeness (QED) is 0.542. The Labute approximate surface area is 73.4 Å². The van der Waals surface area contributed by atoms with Gasteiger partial charge < -0.3 is 15.3 Å². The summed E-state index contributed by atoms with van der Waals surface area (Å²) in [5, 5.41) is 27.1. The molecule has 2 atom stereocenters. The van der Waals surface area contributed by atoms with Gasteiger partial charge in [-0.15, -0.1) is 0 Å². The van der Waals surface area contributed by atoms with Gasteiger partial charge in [-0.3, -0.25) is 0 Å². The lowest BCUT2D eigenvalue weighted by Gasteiger charge is -2.16. The molecule has 0 heterocycles. The summed E-state index contributed by atoms with van der Waals surface area (Å²) in [4.78, 5) is 0. The van der Waals surface area contributed by atoms with Crippen LogP contribution in [0.5, 0.6) is 0 Å². The van der Waals surface area contributed by atoms with Crippen molar-refractivity contribution in [3.05, 3.63) is 11.1 Å². The van der Waals surface area contributed by atoms with E-state index in [-0.39, 0.29) is 6.61 Å². The minimum absolute atomic E-state index is 0.284. The Balaban J connectivity index is 4.36. The maximum Gasteiger partial charge on any atom is 0.0984 e. The van der Waals surface area contributed by atoms with Gasteiger partial charge in [0.2, 0.25) is 0 Å². The van der Waals surface area contributed by atoms with Crippen molar-refractivity contribution in [1.82, 2.24) is 0 Å². The van der Waals surface area contributed by atoms with Crippen LogP contribution >= 0.6 is 0 Å². The van der Waals surface area contributed by atoms with Crippen LogP contribution in [0.3, 0.4) is 0 Å². The largest absolute Gasteiger partial charge is 0.393 e. The van der Waals surface area contributed by atoms with Gasteiger partial charge in [-0.25, -0.2) is 0 Å². The average molecular weight is 174 g/mol. The lowest BCUT2D eigenvalue weighted by atomic mass is 9.99. The topological polar surface area (TPSA) is 60.7 Å². The third-order valence-corrected chi connectivity index (χ3v) is 1.73. The number of aliphatic hydroxyl groups excluding tert-OH is 3. The maximum absolute atomic E-state index is 9.32. The fourth-order valence-corrected chi connectivity index (χ4v) is 1.10. The highest BCUT2D eigenvalue weighted by Gasteiger charge is 2.12. The monoisotopic (exact) mass is 174 g/mol. The molecule has 3 nitrogen and oxygen atoms in total. The fraction of sp³-hybridized carbons (Fsp3) is 0.778. The van der Waals surface area contributed by atoms with Gasteiger partial charge in [0.15, 0.2) is 0 Å². The van der Waals surface area contributed by atoms with E-state index in [1.165, 1.54) is 0 Å². The summed E-state index contributed by atoms with van der Waals surface area (Å²) in [6.07, 6.45) is -0.884. The number of rotatable bonds is 4. The van der Waals surface area contributed by atoms with Crippen LogP contribution in [0.15, 0.2) is 11.1 Å². The van der Waals surface area contributed by atoms with E-state index in [1.54, 1.807) is 6.92 Å². The van der Waals surface area contributed by atoms with Crippen molar-refractivity contribution >= 4 is 0 Å². The van der Waals surface area contributed by atoms with Crippen LogP contribution in [0.25, 0.3) is 0 Å². The first-order valence-electron chi connectivity index (χ1n) is 4.12. The van der Waals surface area contributed by atoms with Crippen molar-refractivity contribution in [2.75, 3.05) is 6.61 Å². The van der Waals surface area contributed by atoms with E-state index in [2.05, 4.69) is 0 Å². The molecule has 0 aromatic carbocycles. The second kappa shape index (κ2) is 5.30. The number of aliphatic hydroxyl groups is 3. The van der Waals surface area contributed by atoms with Gasteiger partial charge in [-0.05, 0) is 32.8 Å². The fourth-order valence-electron chi connectivity index (χ4n) is 1.10. The smallest absolute Gasteiger partial charge is 0.0984 e. The van der Waals surface area contributed by atoms with E-state index >= 15 is 0 Å². The molecule has 0 aliphatic heterocycles. The van der Waals surface area contributed by atoms with Gasteiger partial charge in [0, 0.05) is 0 Å². The number of hydrogen-bond acceptors (Lipinski definition) is 3. The van der Waals surface area contributed by atoms with Crippen LogP contribution in [0, 0.1) is 0 Å². The van der Waals surface area contributed by atoms with Crippen molar-refractivity contribution in [3.63, 3.8) is 0 Å². The van der Waals surface area contributed by atoms with Gasteiger partial charge in [0.25, 0.3) is 0 Å². The van der Waals surface area contributed by atoms with Crippen molar-refractivity contribution in [3.8, 4) is 0 Å². The standard InChI is InChI=1S/C9H18O3/c1-6(2)8(4-7(3)11)9(12)5-10/h7,9-12H,4-5H2,1-3H3. The summed E-state index contributed by atoms with van der Waals surface area (Å²) in [7, 11) is 0. The highest BCUT2D eigenvalue weighted by molar-refractivity contribution is 5.15. The average Bonchev–Trinajstić information content (AvgIpc) is 1.98. The molecule has 0 saturated carbocycles. The van der Waals surface area contributed by atoms with Gasteiger partial charge in [0.05, 0.1) is 18.8 Å². The Morgan fingerprint density at radius 1 is 1.25 bits per heavy atom. The van der Waals surface area contributed by atoms with Crippen LogP contribution in [0.1, 0.15) is 27.2 Å². The van der Waals surface area contributed by atoms with Crippen LogP contribution < -0.4 is 0 Å². The minimum atomic E-state index is -0.829. The van der Waals surface area contributed by atoms with E-state index in [0.29, 0.717) is 6.42 Å². The molecule has 3 heteroatoms. The summed E-state index contributed by atoms with van der Waals surface area (Å²) in [5.41, 5.74) is 1.69. The highest BCUT2D eigenvalue weighted by Crippen LogP contribution is 2.15. The SMILES string of the molecule is CC(C)=C(CC(C)O)C(O)CO. The molecule has 0 radical (unpaired) electrons. The highest BCUT2D eigenvalue weighted by atomic mass is 16.3. The molecule has 0 aliphatic rings. The molecule has 72 valence electrons. The second-order valence-corrected chi connectivity index (χ2v) is 3.28. The van der Waals surface area contributed by atoms with Crippen molar-refractivity contribution < 1.29 is 15.3 Å². The molecule has 3 N–H and O–H groups in total.